The molecule has 0 rings (SSSR count). The maximum Gasteiger partial charge on any atom is 0.0635 e. The van der Waals surface area contributed by atoms with Crippen molar-refractivity contribution in [2.75, 3.05) is 6.54 Å². The highest BCUT2D eigenvalue weighted by Gasteiger charge is 2.17. The minimum absolute atomic E-state index is 0.233. The third-order valence-corrected chi connectivity index (χ3v) is 2.35. The van der Waals surface area contributed by atoms with Crippen molar-refractivity contribution in [3.63, 3.8) is 0 Å². The van der Waals surface area contributed by atoms with Crippen molar-refractivity contribution in [1.82, 2.24) is 5.32 Å². The summed E-state index contributed by atoms with van der Waals surface area (Å²) >= 11 is 0. The van der Waals surface area contributed by atoms with E-state index in [9.17, 15) is 0 Å². The Morgan fingerprint density at radius 1 is 1.36 bits per heavy atom. The van der Waals surface area contributed by atoms with Gasteiger partial charge in [-0.2, -0.15) is 5.26 Å². The SMILES string of the molecule is CCC(C)(CC)NCCC#N. The molecule has 11 heavy (non-hydrogen) atoms. The van der Waals surface area contributed by atoms with Crippen LogP contribution in [0.5, 0.6) is 0 Å². The van der Waals surface area contributed by atoms with Gasteiger partial charge in [-0.05, 0) is 19.8 Å². The fraction of sp³-hybridized carbons (Fsp3) is 0.889. The monoisotopic (exact) mass is 154 g/mol. The Labute approximate surface area is 69.6 Å². The van der Waals surface area contributed by atoms with E-state index in [4.69, 9.17) is 5.26 Å². The first-order chi connectivity index (χ1) is 5.18. The second kappa shape index (κ2) is 5.15. The first kappa shape index (κ1) is 10.4. The first-order valence-corrected chi connectivity index (χ1v) is 4.30. The van der Waals surface area contributed by atoms with Crippen LogP contribution in [-0.4, -0.2) is 12.1 Å². The lowest BCUT2D eigenvalue weighted by atomic mass is 9.95. The molecule has 2 heteroatoms. The highest BCUT2D eigenvalue weighted by Crippen LogP contribution is 2.12. The molecule has 0 saturated heterocycles. The fourth-order valence-electron chi connectivity index (χ4n) is 0.920. The zero-order valence-corrected chi connectivity index (χ0v) is 7.78. The Morgan fingerprint density at radius 2 is 1.91 bits per heavy atom. The van der Waals surface area contributed by atoms with Crippen LogP contribution in [0.3, 0.4) is 0 Å². The van der Waals surface area contributed by atoms with Gasteiger partial charge in [-0.25, -0.2) is 0 Å². The zero-order valence-electron chi connectivity index (χ0n) is 7.78. The molecule has 64 valence electrons. The molecule has 0 aromatic heterocycles. The summed E-state index contributed by atoms with van der Waals surface area (Å²) in [6, 6.07) is 2.13. The average molecular weight is 154 g/mol. The van der Waals surface area contributed by atoms with E-state index >= 15 is 0 Å². The predicted octanol–water partition coefficient (Wildman–Crippen LogP) is 2.07. The summed E-state index contributed by atoms with van der Waals surface area (Å²) in [5, 5.41) is 11.7. The summed E-state index contributed by atoms with van der Waals surface area (Å²) in [6.07, 6.45) is 2.85. The summed E-state index contributed by atoms with van der Waals surface area (Å²) in [7, 11) is 0. The summed E-state index contributed by atoms with van der Waals surface area (Å²) in [5.74, 6) is 0. The maximum absolute atomic E-state index is 8.32. The molecule has 0 fully saturated rings. The molecule has 0 unspecified atom stereocenters. The molecule has 0 spiro atoms. The molecule has 2 nitrogen and oxygen atoms in total. The second-order valence-electron chi connectivity index (χ2n) is 3.10. The van der Waals surface area contributed by atoms with E-state index < -0.39 is 0 Å². The van der Waals surface area contributed by atoms with Crippen LogP contribution < -0.4 is 5.32 Å². The molecule has 0 saturated carbocycles. The quantitative estimate of drug-likeness (QED) is 0.615. The highest BCUT2D eigenvalue weighted by atomic mass is 15.0. The van der Waals surface area contributed by atoms with Gasteiger partial charge >= 0.3 is 0 Å². The number of hydrogen-bond acceptors (Lipinski definition) is 2. The summed E-state index contributed by atoms with van der Waals surface area (Å²) in [5.41, 5.74) is 0.233. The molecule has 0 radical (unpaired) electrons. The van der Waals surface area contributed by atoms with Gasteiger partial charge in [0.1, 0.15) is 0 Å². The van der Waals surface area contributed by atoms with Gasteiger partial charge in [-0.1, -0.05) is 13.8 Å². The summed E-state index contributed by atoms with van der Waals surface area (Å²) in [4.78, 5) is 0. The van der Waals surface area contributed by atoms with E-state index in [0.29, 0.717) is 6.42 Å². The molecular formula is C9H18N2. The minimum Gasteiger partial charge on any atom is -0.311 e. The lowest BCUT2D eigenvalue weighted by Gasteiger charge is -2.27. The Balaban J connectivity index is 3.62. The van der Waals surface area contributed by atoms with E-state index in [1.54, 1.807) is 0 Å². The van der Waals surface area contributed by atoms with E-state index in [0.717, 1.165) is 19.4 Å². The summed E-state index contributed by atoms with van der Waals surface area (Å²) in [6.45, 7) is 7.35. The van der Waals surface area contributed by atoms with Crippen molar-refractivity contribution in [2.24, 2.45) is 0 Å². The molecule has 0 aliphatic rings. The largest absolute Gasteiger partial charge is 0.311 e. The highest BCUT2D eigenvalue weighted by molar-refractivity contribution is 4.81. The van der Waals surface area contributed by atoms with Crippen LogP contribution in [0.1, 0.15) is 40.0 Å². The fourth-order valence-corrected chi connectivity index (χ4v) is 0.920. The van der Waals surface area contributed by atoms with Gasteiger partial charge in [0.05, 0.1) is 6.07 Å². The van der Waals surface area contributed by atoms with E-state index in [1.807, 2.05) is 0 Å². The van der Waals surface area contributed by atoms with E-state index in [2.05, 4.69) is 32.2 Å². The van der Waals surface area contributed by atoms with Gasteiger partial charge in [0.25, 0.3) is 0 Å². The predicted molar refractivity (Wildman–Crippen MR) is 47.2 cm³/mol. The van der Waals surface area contributed by atoms with Crippen LogP contribution in [-0.2, 0) is 0 Å². The molecule has 0 heterocycles. The molecular weight excluding hydrogens is 136 g/mol. The van der Waals surface area contributed by atoms with Gasteiger partial charge in [-0.3, -0.25) is 0 Å². The molecule has 0 atom stereocenters. The van der Waals surface area contributed by atoms with Gasteiger partial charge in [0.2, 0.25) is 0 Å². The Hall–Kier alpha value is -0.550. The number of nitrogens with zero attached hydrogens (tertiary/aromatic N) is 1. The number of nitrogens with one attached hydrogen (secondary N) is 1. The van der Waals surface area contributed by atoms with Crippen molar-refractivity contribution in [2.45, 2.75) is 45.6 Å². The van der Waals surface area contributed by atoms with Crippen molar-refractivity contribution in [3.8, 4) is 6.07 Å². The van der Waals surface area contributed by atoms with Crippen LogP contribution in [0.2, 0.25) is 0 Å². The molecule has 0 amide bonds. The Kier molecular flexibility index (Phi) is 4.89. The molecule has 0 aliphatic carbocycles. The van der Waals surface area contributed by atoms with Gasteiger partial charge in [0.15, 0.2) is 0 Å². The van der Waals surface area contributed by atoms with Crippen molar-refractivity contribution < 1.29 is 0 Å². The Bertz CT molecular complexity index is 131. The normalized spacial score (nSPS) is 11.1. The van der Waals surface area contributed by atoms with Gasteiger partial charge in [-0.15, -0.1) is 0 Å². The number of rotatable bonds is 5. The third-order valence-electron chi connectivity index (χ3n) is 2.35. The van der Waals surface area contributed by atoms with Crippen molar-refractivity contribution >= 4 is 0 Å². The van der Waals surface area contributed by atoms with Crippen molar-refractivity contribution in [1.29, 1.82) is 5.26 Å². The van der Waals surface area contributed by atoms with Crippen LogP contribution in [0, 0.1) is 11.3 Å². The third kappa shape index (κ3) is 4.00. The second-order valence-corrected chi connectivity index (χ2v) is 3.10. The van der Waals surface area contributed by atoms with Crippen LogP contribution in [0.25, 0.3) is 0 Å². The first-order valence-electron chi connectivity index (χ1n) is 4.30. The zero-order chi connectivity index (χ0) is 8.74. The summed E-state index contributed by atoms with van der Waals surface area (Å²) < 4.78 is 0. The molecule has 0 aromatic rings. The van der Waals surface area contributed by atoms with E-state index in [1.165, 1.54) is 0 Å². The topological polar surface area (TPSA) is 35.8 Å². The maximum atomic E-state index is 8.32. The van der Waals surface area contributed by atoms with Crippen LogP contribution >= 0.6 is 0 Å². The minimum atomic E-state index is 0.233. The lowest BCUT2D eigenvalue weighted by Crippen LogP contribution is -2.41. The van der Waals surface area contributed by atoms with Crippen LogP contribution in [0.15, 0.2) is 0 Å². The average Bonchev–Trinajstić information content (AvgIpc) is 2.05. The van der Waals surface area contributed by atoms with Gasteiger partial charge < -0.3 is 5.32 Å². The lowest BCUT2D eigenvalue weighted by molar-refractivity contribution is 0.336. The smallest absolute Gasteiger partial charge is 0.0635 e. The molecule has 0 aliphatic heterocycles. The van der Waals surface area contributed by atoms with Crippen LogP contribution in [0.4, 0.5) is 0 Å². The Morgan fingerprint density at radius 3 is 2.27 bits per heavy atom. The number of hydrogen-bond donors (Lipinski definition) is 1. The van der Waals surface area contributed by atoms with Gasteiger partial charge in [0, 0.05) is 18.5 Å². The molecule has 0 bridgehead atoms. The molecule has 0 aromatic carbocycles. The standard InChI is InChI=1S/C9H18N2/c1-4-9(3,5-2)11-8-6-7-10/h11H,4-6,8H2,1-3H3. The molecule has 1 N–H and O–H groups in total. The number of nitriles is 1. The van der Waals surface area contributed by atoms with Crippen molar-refractivity contribution in [3.05, 3.63) is 0 Å². The van der Waals surface area contributed by atoms with E-state index in [-0.39, 0.29) is 5.54 Å².